The van der Waals surface area contributed by atoms with Crippen LogP contribution in [-0.2, 0) is 16.6 Å². The minimum absolute atomic E-state index is 0.149. The average molecular weight is 437 g/mol. The van der Waals surface area contributed by atoms with Crippen LogP contribution in [-0.4, -0.2) is 20.6 Å². The van der Waals surface area contributed by atoms with Crippen LogP contribution in [0.5, 0.6) is 0 Å². The minimum Gasteiger partial charge on any atom is -0.345 e. The molecule has 0 saturated carbocycles. The van der Waals surface area contributed by atoms with Crippen molar-refractivity contribution in [3.05, 3.63) is 101 Å². The topological polar surface area (TPSA) is 66.5 Å². The number of hydrogen-bond acceptors (Lipinski definition) is 3. The van der Waals surface area contributed by atoms with Crippen LogP contribution >= 0.6 is 0 Å². The van der Waals surface area contributed by atoms with Crippen molar-refractivity contribution in [2.75, 3.05) is 10.6 Å². The number of carbonyl (C=O) groups is 1. The summed E-state index contributed by atoms with van der Waals surface area (Å²) in [4.78, 5) is 13.2. The molecule has 6 heteroatoms. The highest BCUT2D eigenvalue weighted by atomic mass is 32.2. The van der Waals surface area contributed by atoms with Gasteiger partial charge in [0.15, 0.2) is 0 Å². The number of amides is 1. The molecule has 1 amide bonds. The molecule has 5 nitrogen and oxygen atoms in total. The summed E-state index contributed by atoms with van der Waals surface area (Å²) in [5, 5.41) is 3.03. The molecule has 0 aliphatic heterocycles. The number of nitrogens with zero attached hydrogens (tertiary/aromatic N) is 1. The van der Waals surface area contributed by atoms with Gasteiger partial charge in [0.25, 0.3) is 5.91 Å². The largest absolute Gasteiger partial charge is 0.345 e. The van der Waals surface area contributed by atoms with E-state index >= 15 is 0 Å². The lowest BCUT2D eigenvalue weighted by molar-refractivity contribution is 0.0940. The van der Waals surface area contributed by atoms with Crippen molar-refractivity contribution in [1.82, 2.24) is 5.32 Å². The Balaban J connectivity index is 1.94. The number of benzene rings is 3. The standard InChI is InChI=1S/C25H28N2O3S/c1-18-14-15-19(2)23(16-18)20(3)26-25(28)22-12-8-9-13-24(22)27(31(4,29)30)17-21-10-6-5-7-11-21/h5-16,20H,17H2,1-4H3,(H,26,28)/t20-/m1/s1. The van der Waals surface area contributed by atoms with Gasteiger partial charge >= 0.3 is 0 Å². The smallest absolute Gasteiger partial charge is 0.253 e. The highest BCUT2D eigenvalue weighted by Crippen LogP contribution is 2.26. The molecule has 3 aromatic rings. The number of aryl methyl sites for hydroxylation is 2. The van der Waals surface area contributed by atoms with E-state index in [2.05, 4.69) is 11.4 Å². The Bertz CT molecular complexity index is 1170. The molecule has 0 spiro atoms. The van der Waals surface area contributed by atoms with Gasteiger partial charge < -0.3 is 5.32 Å². The summed E-state index contributed by atoms with van der Waals surface area (Å²) in [6.45, 7) is 6.11. The molecule has 0 radical (unpaired) electrons. The molecule has 0 aromatic heterocycles. The van der Waals surface area contributed by atoms with Gasteiger partial charge in [0.1, 0.15) is 0 Å². The van der Waals surface area contributed by atoms with Gasteiger partial charge in [0.05, 0.1) is 30.1 Å². The van der Waals surface area contributed by atoms with E-state index in [-0.39, 0.29) is 18.5 Å². The lowest BCUT2D eigenvalue weighted by atomic mass is 9.99. The van der Waals surface area contributed by atoms with Gasteiger partial charge in [0, 0.05) is 0 Å². The van der Waals surface area contributed by atoms with Crippen LogP contribution in [0.3, 0.4) is 0 Å². The van der Waals surface area contributed by atoms with Gasteiger partial charge in [-0.25, -0.2) is 8.42 Å². The van der Waals surface area contributed by atoms with Crippen LogP contribution in [0, 0.1) is 13.8 Å². The lowest BCUT2D eigenvalue weighted by Gasteiger charge is -2.25. The van der Waals surface area contributed by atoms with E-state index in [0.717, 1.165) is 28.5 Å². The maximum atomic E-state index is 13.2. The molecule has 3 aromatic carbocycles. The van der Waals surface area contributed by atoms with Crippen LogP contribution in [0.4, 0.5) is 5.69 Å². The summed E-state index contributed by atoms with van der Waals surface area (Å²) in [6.07, 6.45) is 1.16. The Morgan fingerprint density at radius 2 is 1.61 bits per heavy atom. The zero-order chi connectivity index (χ0) is 22.6. The van der Waals surface area contributed by atoms with Crippen LogP contribution < -0.4 is 9.62 Å². The predicted octanol–water partition coefficient (Wildman–Crippen LogP) is 4.76. The second-order valence-electron chi connectivity index (χ2n) is 7.83. The Kier molecular flexibility index (Phi) is 6.81. The number of rotatable bonds is 7. The van der Waals surface area contributed by atoms with Gasteiger partial charge in [-0.05, 0) is 49.6 Å². The maximum Gasteiger partial charge on any atom is 0.253 e. The fourth-order valence-corrected chi connectivity index (χ4v) is 4.49. The van der Waals surface area contributed by atoms with E-state index in [1.807, 2.05) is 63.2 Å². The Hall–Kier alpha value is -3.12. The molecule has 0 aliphatic rings. The van der Waals surface area contributed by atoms with Crippen molar-refractivity contribution in [1.29, 1.82) is 0 Å². The van der Waals surface area contributed by atoms with Gasteiger partial charge in [-0.2, -0.15) is 0 Å². The van der Waals surface area contributed by atoms with E-state index in [1.165, 1.54) is 4.31 Å². The molecular weight excluding hydrogens is 408 g/mol. The quantitative estimate of drug-likeness (QED) is 0.581. The van der Waals surface area contributed by atoms with E-state index in [0.29, 0.717) is 11.3 Å². The van der Waals surface area contributed by atoms with Crippen LogP contribution in [0.1, 0.15) is 45.6 Å². The second-order valence-corrected chi connectivity index (χ2v) is 9.73. The fourth-order valence-electron chi connectivity index (χ4n) is 3.59. The minimum atomic E-state index is -3.61. The zero-order valence-corrected chi connectivity index (χ0v) is 19.1. The highest BCUT2D eigenvalue weighted by molar-refractivity contribution is 7.92. The maximum absolute atomic E-state index is 13.2. The SMILES string of the molecule is Cc1ccc(C)c([C@@H](C)NC(=O)c2ccccc2N(Cc2ccccc2)S(C)(=O)=O)c1. The van der Waals surface area contributed by atoms with Crippen LogP contribution in [0.2, 0.25) is 0 Å². The normalized spacial score (nSPS) is 12.3. The first-order chi connectivity index (χ1) is 14.7. The number of nitrogens with one attached hydrogen (secondary N) is 1. The van der Waals surface area contributed by atoms with Gasteiger partial charge in [-0.15, -0.1) is 0 Å². The molecule has 0 aliphatic carbocycles. The number of carbonyl (C=O) groups excluding carboxylic acids is 1. The molecule has 3 rings (SSSR count). The van der Waals surface area contributed by atoms with Crippen LogP contribution in [0.25, 0.3) is 0 Å². The van der Waals surface area contributed by atoms with Gasteiger partial charge in [0.2, 0.25) is 10.0 Å². The third-order valence-corrected chi connectivity index (χ3v) is 6.36. The average Bonchev–Trinajstić information content (AvgIpc) is 2.73. The van der Waals surface area contributed by atoms with Crippen molar-refractivity contribution >= 4 is 21.6 Å². The number of sulfonamides is 1. The van der Waals surface area contributed by atoms with Crippen molar-refractivity contribution in [3.8, 4) is 0 Å². The molecule has 0 fully saturated rings. The van der Waals surface area contributed by atoms with E-state index in [9.17, 15) is 13.2 Å². The van der Waals surface area contributed by atoms with E-state index in [1.54, 1.807) is 24.3 Å². The van der Waals surface area contributed by atoms with Crippen molar-refractivity contribution < 1.29 is 13.2 Å². The molecule has 1 atom stereocenters. The Morgan fingerprint density at radius 3 is 2.29 bits per heavy atom. The molecule has 0 bridgehead atoms. The molecule has 0 unspecified atom stereocenters. The summed E-state index contributed by atoms with van der Waals surface area (Å²) in [5.74, 6) is -0.314. The molecule has 1 N–H and O–H groups in total. The first-order valence-corrected chi connectivity index (χ1v) is 12.0. The molecule has 162 valence electrons. The first kappa shape index (κ1) is 22.6. The number of anilines is 1. The zero-order valence-electron chi connectivity index (χ0n) is 18.3. The molecular formula is C25H28N2O3S. The van der Waals surface area contributed by atoms with Crippen molar-refractivity contribution in [3.63, 3.8) is 0 Å². The summed E-state index contributed by atoms with van der Waals surface area (Å²) < 4.78 is 26.5. The molecule has 0 saturated heterocycles. The molecule has 0 heterocycles. The van der Waals surface area contributed by atoms with E-state index in [4.69, 9.17) is 0 Å². The van der Waals surface area contributed by atoms with Gasteiger partial charge in [-0.1, -0.05) is 66.2 Å². The summed E-state index contributed by atoms with van der Waals surface area (Å²) in [5.41, 5.74) is 4.77. The third kappa shape index (κ3) is 5.52. The number of hydrogen-bond donors (Lipinski definition) is 1. The second kappa shape index (κ2) is 9.35. The number of para-hydroxylation sites is 1. The monoisotopic (exact) mass is 436 g/mol. The lowest BCUT2D eigenvalue weighted by Crippen LogP contribution is -2.33. The highest BCUT2D eigenvalue weighted by Gasteiger charge is 2.24. The molecule has 31 heavy (non-hydrogen) atoms. The van der Waals surface area contributed by atoms with Crippen molar-refractivity contribution in [2.45, 2.75) is 33.4 Å². The van der Waals surface area contributed by atoms with Crippen LogP contribution in [0.15, 0.2) is 72.8 Å². The van der Waals surface area contributed by atoms with E-state index < -0.39 is 10.0 Å². The predicted molar refractivity (Wildman–Crippen MR) is 126 cm³/mol. The third-order valence-electron chi connectivity index (χ3n) is 5.24. The summed E-state index contributed by atoms with van der Waals surface area (Å²) >= 11 is 0. The summed E-state index contributed by atoms with van der Waals surface area (Å²) in [6, 6.07) is 22.0. The summed E-state index contributed by atoms with van der Waals surface area (Å²) in [7, 11) is -3.61. The van der Waals surface area contributed by atoms with Crippen molar-refractivity contribution in [2.24, 2.45) is 0 Å². The fraction of sp³-hybridized carbons (Fsp3) is 0.240. The Labute approximate surface area is 184 Å². The first-order valence-electron chi connectivity index (χ1n) is 10.2. The van der Waals surface area contributed by atoms with Gasteiger partial charge in [-0.3, -0.25) is 9.10 Å². The Morgan fingerprint density at radius 1 is 0.968 bits per heavy atom.